The van der Waals surface area contributed by atoms with Crippen LogP contribution in [0.2, 0.25) is 0 Å². The largest absolute Gasteiger partial charge is 0.356 e. The molecule has 0 N–H and O–H groups in total. The average molecular weight is 188 g/mol. The zero-order valence-corrected chi connectivity index (χ0v) is 8.37. The summed E-state index contributed by atoms with van der Waals surface area (Å²) in [6, 6.07) is 0. The van der Waals surface area contributed by atoms with Crippen molar-refractivity contribution in [3.63, 3.8) is 0 Å². The number of aryl methyl sites for hydroxylation is 3. The van der Waals surface area contributed by atoms with Crippen molar-refractivity contribution in [1.82, 2.24) is 9.72 Å². The van der Waals surface area contributed by atoms with E-state index < -0.39 is 0 Å². The Morgan fingerprint density at radius 1 is 1.36 bits per heavy atom. The number of rotatable bonds is 0. The first-order chi connectivity index (χ1) is 6.77. The molecule has 0 saturated heterocycles. The molecule has 0 bridgehead atoms. The molecule has 0 spiro atoms. The van der Waals surface area contributed by atoms with Crippen molar-refractivity contribution >= 4 is 0 Å². The van der Waals surface area contributed by atoms with Gasteiger partial charge in [0.2, 0.25) is 0 Å². The highest BCUT2D eigenvalue weighted by atomic mass is 16.5. The van der Waals surface area contributed by atoms with Crippen LogP contribution >= 0.6 is 0 Å². The van der Waals surface area contributed by atoms with Crippen LogP contribution in [0.15, 0.2) is 16.9 Å². The van der Waals surface area contributed by atoms with E-state index in [4.69, 9.17) is 4.52 Å². The van der Waals surface area contributed by atoms with Gasteiger partial charge < -0.3 is 9.09 Å². The fraction of sp³-hybridized carbons (Fsp3) is 0.364. The molecule has 2 aromatic heterocycles. The van der Waals surface area contributed by atoms with Gasteiger partial charge in [-0.15, -0.1) is 0 Å². The van der Waals surface area contributed by atoms with Crippen LogP contribution in [-0.4, -0.2) is 9.72 Å². The highest BCUT2D eigenvalue weighted by Crippen LogP contribution is 2.36. The molecule has 72 valence electrons. The molecule has 3 heteroatoms. The van der Waals surface area contributed by atoms with Crippen LogP contribution < -0.4 is 0 Å². The third kappa shape index (κ3) is 0.842. The smallest absolute Gasteiger partial charge is 0.172 e. The Hall–Kier alpha value is -1.51. The Balaban J connectivity index is 2.34. The zero-order chi connectivity index (χ0) is 9.71. The lowest BCUT2D eigenvalue weighted by Crippen LogP contribution is -1.99. The first kappa shape index (κ1) is 7.85. The number of hydrogen-bond acceptors (Lipinski definition) is 2. The zero-order valence-electron chi connectivity index (χ0n) is 8.37. The van der Waals surface area contributed by atoms with E-state index >= 15 is 0 Å². The maximum absolute atomic E-state index is 5.31. The summed E-state index contributed by atoms with van der Waals surface area (Å²) in [5.41, 5.74) is 5.14. The van der Waals surface area contributed by atoms with Gasteiger partial charge in [0, 0.05) is 30.1 Å². The molecule has 0 saturated carbocycles. The Kier molecular flexibility index (Phi) is 1.40. The molecule has 14 heavy (non-hydrogen) atoms. The van der Waals surface area contributed by atoms with Crippen LogP contribution in [-0.2, 0) is 19.9 Å². The van der Waals surface area contributed by atoms with Gasteiger partial charge in [-0.1, -0.05) is 5.16 Å². The SMILES string of the molecule is Cc1c2c(cn1C)CCc1cnoc1-2. The molecule has 1 aliphatic carbocycles. The van der Waals surface area contributed by atoms with Crippen molar-refractivity contribution in [2.45, 2.75) is 19.8 Å². The second kappa shape index (κ2) is 2.50. The topological polar surface area (TPSA) is 31.0 Å². The quantitative estimate of drug-likeness (QED) is 0.633. The Bertz CT molecular complexity index is 493. The predicted octanol–water partition coefficient (Wildman–Crippen LogP) is 2.09. The van der Waals surface area contributed by atoms with E-state index in [1.54, 1.807) is 0 Å². The molecule has 2 heterocycles. The maximum atomic E-state index is 5.31. The lowest BCUT2D eigenvalue weighted by atomic mass is 9.93. The fourth-order valence-electron chi connectivity index (χ4n) is 2.22. The summed E-state index contributed by atoms with van der Waals surface area (Å²) in [6.45, 7) is 2.12. The molecule has 0 unspecified atom stereocenters. The van der Waals surface area contributed by atoms with Gasteiger partial charge in [-0.2, -0.15) is 0 Å². The minimum Gasteiger partial charge on any atom is -0.356 e. The third-order valence-corrected chi connectivity index (χ3v) is 3.10. The Morgan fingerprint density at radius 2 is 2.14 bits per heavy atom. The molecule has 0 atom stereocenters. The summed E-state index contributed by atoms with van der Waals surface area (Å²) < 4.78 is 7.47. The average Bonchev–Trinajstić information content (AvgIpc) is 2.72. The van der Waals surface area contributed by atoms with Gasteiger partial charge in [0.1, 0.15) is 0 Å². The van der Waals surface area contributed by atoms with Crippen molar-refractivity contribution in [3.05, 3.63) is 29.2 Å². The highest BCUT2D eigenvalue weighted by molar-refractivity contribution is 5.70. The lowest BCUT2D eigenvalue weighted by Gasteiger charge is -2.09. The second-order valence-corrected chi connectivity index (χ2v) is 3.91. The molecular formula is C11H12N2O. The molecule has 0 fully saturated rings. The van der Waals surface area contributed by atoms with E-state index in [9.17, 15) is 0 Å². The Labute approximate surface area is 82.3 Å². The van der Waals surface area contributed by atoms with E-state index in [0.717, 1.165) is 18.6 Å². The normalized spacial score (nSPS) is 13.9. The standard InChI is InChI=1S/C11H12N2O/c1-7-10-9(6-13(7)2)4-3-8-5-12-14-11(8)10/h5-6H,3-4H2,1-2H3. The van der Waals surface area contributed by atoms with Crippen molar-refractivity contribution in [3.8, 4) is 11.3 Å². The van der Waals surface area contributed by atoms with E-state index in [0.29, 0.717) is 0 Å². The van der Waals surface area contributed by atoms with E-state index in [1.807, 2.05) is 6.20 Å². The van der Waals surface area contributed by atoms with Crippen LogP contribution in [0.4, 0.5) is 0 Å². The number of aromatic nitrogens is 2. The second-order valence-electron chi connectivity index (χ2n) is 3.91. The molecule has 0 aliphatic heterocycles. The summed E-state index contributed by atoms with van der Waals surface area (Å²) in [7, 11) is 2.07. The predicted molar refractivity (Wildman–Crippen MR) is 53.1 cm³/mol. The molecule has 2 aromatic rings. The van der Waals surface area contributed by atoms with Crippen molar-refractivity contribution < 1.29 is 4.52 Å². The first-order valence-electron chi connectivity index (χ1n) is 4.86. The minimum absolute atomic E-state index is 0.976. The van der Waals surface area contributed by atoms with E-state index in [1.165, 1.54) is 22.4 Å². The fourth-order valence-corrected chi connectivity index (χ4v) is 2.22. The maximum Gasteiger partial charge on any atom is 0.172 e. The van der Waals surface area contributed by atoms with Gasteiger partial charge in [-0.3, -0.25) is 0 Å². The van der Waals surface area contributed by atoms with Gasteiger partial charge >= 0.3 is 0 Å². The molecule has 0 amide bonds. The van der Waals surface area contributed by atoms with Crippen LogP contribution in [0, 0.1) is 6.92 Å². The molecule has 0 radical (unpaired) electrons. The summed E-state index contributed by atoms with van der Waals surface area (Å²) in [4.78, 5) is 0. The van der Waals surface area contributed by atoms with Gasteiger partial charge in [0.05, 0.1) is 6.20 Å². The monoisotopic (exact) mass is 188 g/mol. The molecular weight excluding hydrogens is 176 g/mol. The molecule has 3 rings (SSSR count). The van der Waals surface area contributed by atoms with Gasteiger partial charge in [-0.25, -0.2) is 0 Å². The number of nitrogens with zero attached hydrogens (tertiary/aromatic N) is 2. The van der Waals surface area contributed by atoms with E-state index in [2.05, 4.69) is 29.9 Å². The van der Waals surface area contributed by atoms with Crippen LogP contribution in [0.5, 0.6) is 0 Å². The van der Waals surface area contributed by atoms with Crippen LogP contribution in [0.1, 0.15) is 16.8 Å². The summed E-state index contributed by atoms with van der Waals surface area (Å²) in [5, 5.41) is 3.87. The van der Waals surface area contributed by atoms with Gasteiger partial charge in [0.15, 0.2) is 5.76 Å². The van der Waals surface area contributed by atoms with Gasteiger partial charge in [-0.05, 0) is 25.3 Å². The molecule has 1 aliphatic rings. The van der Waals surface area contributed by atoms with Gasteiger partial charge in [0.25, 0.3) is 0 Å². The van der Waals surface area contributed by atoms with Crippen molar-refractivity contribution in [2.24, 2.45) is 7.05 Å². The van der Waals surface area contributed by atoms with E-state index in [-0.39, 0.29) is 0 Å². The Morgan fingerprint density at radius 3 is 3.00 bits per heavy atom. The number of fused-ring (bicyclic) bond motifs is 3. The van der Waals surface area contributed by atoms with Crippen LogP contribution in [0.3, 0.4) is 0 Å². The van der Waals surface area contributed by atoms with Crippen LogP contribution in [0.25, 0.3) is 11.3 Å². The van der Waals surface area contributed by atoms with Crippen molar-refractivity contribution in [1.29, 1.82) is 0 Å². The highest BCUT2D eigenvalue weighted by Gasteiger charge is 2.23. The molecule has 3 nitrogen and oxygen atoms in total. The third-order valence-electron chi connectivity index (χ3n) is 3.10. The van der Waals surface area contributed by atoms with Crippen molar-refractivity contribution in [2.75, 3.05) is 0 Å². The summed E-state index contributed by atoms with van der Waals surface area (Å²) in [6.07, 6.45) is 6.18. The summed E-state index contributed by atoms with van der Waals surface area (Å²) in [5.74, 6) is 0.976. The first-order valence-corrected chi connectivity index (χ1v) is 4.86. The lowest BCUT2D eigenvalue weighted by molar-refractivity contribution is 0.430. The summed E-state index contributed by atoms with van der Waals surface area (Å²) >= 11 is 0. The molecule has 0 aromatic carbocycles. The minimum atomic E-state index is 0.976. The number of hydrogen-bond donors (Lipinski definition) is 0.